The van der Waals surface area contributed by atoms with Crippen LogP contribution in [0, 0.1) is 5.92 Å². The molecule has 0 aromatic carbocycles. The molecular weight excluding hydrogens is 372 g/mol. The lowest BCUT2D eigenvalue weighted by Crippen LogP contribution is -2.43. The summed E-state index contributed by atoms with van der Waals surface area (Å²) in [4.78, 5) is 12.6. The molecule has 0 radical (unpaired) electrons. The Kier molecular flexibility index (Phi) is 7.55. The highest BCUT2D eigenvalue weighted by atomic mass is 32.2. The molecule has 1 aliphatic rings. The molecule has 0 spiro atoms. The molecule has 1 aromatic rings. The SMILES string of the molecule is CC(C)(COCCO)c1cc(NC(=O)C(C)(C)S(=O)C[C@H]2CCOC2)on1. The summed E-state index contributed by atoms with van der Waals surface area (Å²) in [6, 6.07) is 1.64. The lowest BCUT2D eigenvalue weighted by atomic mass is 9.90. The molecule has 9 heteroatoms. The average molecular weight is 403 g/mol. The number of aliphatic hydroxyl groups excluding tert-OH is 1. The molecule has 154 valence electrons. The van der Waals surface area contributed by atoms with E-state index >= 15 is 0 Å². The summed E-state index contributed by atoms with van der Waals surface area (Å²) in [6.45, 7) is 9.03. The van der Waals surface area contributed by atoms with Crippen molar-refractivity contribution in [3.05, 3.63) is 11.8 Å². The van der Waals surface area contributed by atoms with Gasteiger partial charge in [0.2, 0.25) is 11.8 Å². The van der Waals surface area contributed by atoms with Gasteiger partial charge in [-0.1, -0.05) is 19.0 Å². The monoisotopic (exact) mass is 402 g/mol. The van der Waals surface area contributed by atoms with Crippen LogP contribution in [-0.2, 0) is 30.5 Å². The van der Waals surface area contributed by atoms with Gasteiger partial charge in [0, 0.05) is 34.6 Å². The van der Waals surface area contributed by atoms with Gasteiger partial charge in [-0.2, -0.15) is 0 Å². The number of amides is 1. The molecular formula is C18H30N2O6S. The maximum absolute atomic E-state index is 12.7. The normalized spacial score (nSPS) is 19.2. The number of ether oxygens (including phenoxy) is 2. The van der Waals surface area contributed by atoms with Crippen LogP contribution < -0.4 is 5.32 Å². The third-order valence-corrected chi connectivity index (χ3v) is 6.76. The van der Waals surface area contributed by atoms with Crippen LogP contribution in [0.1, 0.15) is 39.8 Å². The molecule has 2 N–H and O–H groups in total. The van der Waals surface area contributed by atoms with Crippen LogP contribution in [-0.4, -0.2) is 63.9 Å². The Labute approximate surface area is 162 Å². The van der Waals surface area contributed by atoms with E-state index in [1.165, 1.54) is 0 Å². The fraction of sp³-hybridized carbons (Fsp3) is 0.778. The van der Waals surface area contributed by atoms with Gasteiger partial charge in [-0.05, 0) is 26.2 Å². The predicted molar refractivity (Wildman–Crippen MR) is 102 cm³/mol. The fourth-order valence-corrected chi connectivity index (χ4v) is 3.99. The Balaban J connectivity index is 1.96. The summed E-state index contributed by atoms with van der Waals surface area (Å²) in [6.07, 6.45) is 0.877. The number of aromatic nitrogens is 1. The van der Waals surface area contributed by atoms with Crippen molar-refractivity contribution in [2.75, 3.05) is 44.1 Å². The van der Waals surface area contributed by atoms with E-state index in [0.29, 0.717) is 31.3 Å². The second-order valence-electron chi connectivity index (χ2n) is 7.94. The van der Waals surface area contributed by atoms with E-state index in [9.17, 15) is 9.00 Å². The number of rotatable bonds is 10. The number of hydrogen-bond acceptors (Lipinski definition) is 7. The van der Waals surface area contributed by atoms with Crippen molar-refractivity contribution in [1.82, 2.24) is 5.16 Å². The minimum Gasteiger partial charge on any atom is -0.394 e. The van der Waals surface area contributed by atoms with E-state index in [1.54, 1.807) is 19.9 Å². The van der Waals surface area contributed by atoms with Crippen molar-refractivity contribution in [2.45, 2.75) is 44.3 Å². The summed E-state index contributed by atoms with van der Waals surface area (Å²) in [5, 5.41) is 15.5. The summed E-state index contributed by atoms with van der Waals surface area (Å²) in [7, 11) is -1.34. The summed E-state index contributed by atoms with van der Waals surface area (Å²) in [5.41, 5.74) is 0.181. The van der Waals surface area contributed by atoms with Gasteiger partial charge in [0.15, 0.2) is 0 Å². The van der Waals surface area contributed by atoms with Gasteiger partial charge in [0.05, 0.1) is 32.1 Å². The molecule has 2 heterocycles. The Hall–Kier alpha value is -1.29. The zero-order valence-electron chi connectivity index (χ0n) is 16.4. The molecule has 27 heavy (non-hydrogen) atoms. The third-order valence-electron chi connectivity index (χ3n) is 4.67. The number of anilines is 1. The van der Waals surface area contributed by atoms with Crippen LogP contribution in [0.5, 0.6) is 0 Å². The van der Waals surface area contributed by atoms with Gasteiger partial charge in [0.1, 0.15) is 4.75 Å². The van der Waals surface area contributed by atoms with Crippen LogP contribution in [0.3, 0.4) is 0 Å². The van der Waals surface area contributed by atoms with Gasteiger partial charge in [-0.3, -0.25) is 14.3 Å². The first-order valence-electron chi connectivity index (χ1n) is 9.10. The average Bonchev–Trinajstić information content (AvgIpc) is 3.27. The van der Waals surface area contributed by atoms with Crippen LogP contribution in [0.2, 0.25) is 0 Å². The van der Waals surface area contributed by atoms with Crippen LogP contribution in [0.4, 0.5) is 5.88 Å². The quantitative estimate of drug-likeness (QED) is 0.570. The Bertz CT molecular complexity index is 652. The van der Waals surface area contributed by atoms with Crippen molar-refractivity contribution in [1.29, 1.82) is 0 Å². The van der Waals surface area contributed by atoms with Crippen molar-refractivity contribution < 1.29 is 28.1 Å². The molecule has 0 aliphatic carbocycles. The molecule has 1 unspecified atom stereocenters. The minimum absolute atomic E-state index is 0.0462. The lowest BCUT2D eigenvalue weighted by Gasteiger charge is -2.23. The van der Waals surface area contributed by atoms with E-state index in [2.05, 4.69) is 10.5 Å². The van der Waals surface area contributed by atoms with Crippen molar-refractivity contribution in [3.8, 4) is 0 Å². The van der Waals surface area contributed by atoms with E-state index in [-0.39, 0.29) is 30.9 Å². The Morgan fingerprint density at radius 3 is 2.81 bits per heavy atom. The molecule has 0 saturated carbocycles. The second kappa shape index (κ2) is 9.27. The zero-order valence-corrected chi connectivity index (χ0v) is 17.3. The number of nitrogens with one attached hydrogen (secondary N) is 1. The van der Waals surface area contributed by atoms with Crippen molar-refractivity contribution in [2.24, 2.45) is 5.92 Å². The van der Waals surface area contributed by atoms with E-state index < -0.39 is 21.0 Å². The second-order valence-corrected chi connectivity index (χ2v) is 9.99. The van der Waals surface area contributed by atoms with Gasteiger partial charge >= 0.3 is 0 Å². The minimum atomic E-state index is -1.34. The summed E-state index contributed by atoms with van der Waals surface area (Å²) < 4.78 is 27.5. The van der Waals surface area contributed by atoms with Gasteiger partial charge in [-0.25, -0.2) is 0 Å². The predicted octanol–water partition coefficient (Wildman–Crippen LogP) is 1.46. The number of nitrogens with zero attached hydrogens (tertiary/aromatic N) is 1. The highest BCUT2D eigenvalue weighted by Gasteiger charge is 2.37. The molecule has 1 amide bonds. The van der Waals surface area contributed by atoms with Crippen molar-refractivity contribution in [3.63, 3.8) is 0 Å². The smallest absolute Gasteiger partial charge is 0.245 e. The summed E-state index contributed by atoms with van der Waals surface area (Å²) >= 11 is 0. The molecule has 0 bridgehead atoms. The first-order valence-corrected chi connectivity index (χ1v) is 10.4. The largest absolute Gasteiger partial charge is 0.394 e. The maximum atomic E-state index is 12.7. The standard InChI is InChI=1S/C18H30N2O6S/c1-17(2,12-25-8-6-21)14-9-15(26-20-14)19-16(22)18(3,4)27(23)11-13-5-7-24-10-13/h9,13,21H,5-8,10-12H2,1-4H3,(H,19,22)/t13-,27?/m0/s1. The Morgan fingerprint density at radius 2 is 2.19 bits per heavy atom. The number of aliphatic hydroxyl groups is 1. The van der Waals surface area contributed by atoms with E-state index in [4.69, 9.17) is 19.1 Å². The topological polar surface area (TPSA) is 111 Å². The molecule has 1 aromatic heterocycles. The van der Waals surface area contributed by atoms with Crippen LogP contribution in [0.25, 0.3) is 0 Å². The Morgan fingerprint density at radius 1 is 1.44 bits per heavy atom. The zero-order chi connectivity index (χ0) is 20.1. The van der Waals surface area contributed by atoms with Crippen LogP contribution >= 0.6 is 0 Å². The van der Waals surface area contributed by atoms with Crippen molar-refractivity contribution >= 4 is 22.6 Å². The number of hydrogen-bond donors (Lipinski definition) is 2. The molecule has 1 saturated heterocycles. The third kappa shape index (κ3) is 5.84. The number of carbonyl (C=O) groups is 1. The first kappa shape index (κ1) is 22.0. The molecule has 1 fully saturated rings. The lowest BCUT2D eigenvalue weighted by molar-refractivity contribution is -0.117. The van der Waals surface area contributed by atoms with Gasteiger partial charge in [-0.15, -0.1) is 0 Å². The molecule has 2 atom stereocenters. The first-order chi connectivity index (χ1) is 12.7. The van der Waals surface area contributed by atoms with Gasteiger partial charge in [0.25, 0.3) is 0 Å². The number of carbonyl (C=O) groups excluding carboxylic acids is 1. The highest BCUT2D eigenvalue weighted by molar-refractivity contribution is 7.87. The highest BCUT2D eigenvalue weighted by Crippen LogP contribution is 2.27. The van der Waals surface area contributed by atoms with Gasteiger partial charge < -0.3 is 19.1 Å². The van der Waals surface area contributed by atoms with E-state index in [0.717, 1.165) is 6.42 Å². The van der Waals surface area contributed by atoms with Crippen LogP contribution in [0.15, 0.2) is 10.6 Å². The fourth-order valence-electron chi connectivity index (χ4n) is 2.62. The molecule has 2 rings (SSSR count). The molecule has 1 aliphatic heterocycles. The summed E-state index contributed by atoms with van der Waals surface area (Å²) in [5.74, 6) is 0.503. The molecule has 8 nitrogen and oxygen atoms in total. The van der Waals surface area contributed by atoms with E-state index in [1.807, 2.05) is 13.8 Å². The maximum Gasteiger partial charge on any atom is 0.245 e.